The van der Waals surface area contributed by atoms with Crippen LogP contribution in [-0.2, 0) is 6.54 Å². The molecule has 1 heterocycles. The topological polar surface area (TPSA) is 23.5 Å². The highest BCUT2D eigenvalue weighted by atomic mass is 79.9. The Balaban J connectivity index is 1.86. The van der Waals surface area contributed by atoms with E-state index in [4.69, 9.17) is 0 Å². The number of hydrogen-bond donors (Lipinski definition) is 1. The molecule has 1 atom stereocenters. The van der Waals surface area contributed by atoms with Gasteiger partial charge < -0.3 is 10.0 Å². The normalized spacial score (nSPS) is 16.1. The standard InChI is InChI=1S/C16H18BrNOS/c1-11(19)15-7-6-13(9-16(15)17)18(12-4-5-12)10-14-3-2-8-20-14/h2-3,6-9,11-12,19H,4-5,10H2,1H3/t11-/m1/s1. The molecular weight excluding hydrogens is 334 g/mol. The van der Waals surface area contributed by atoms with Crippen molar-refractivity contribution >= 4 is 33.0 Å². The Kier molecular flexibility index (Phi) is 4.15. The highest BCUT2D eigenvalue weighted by Gasteiger charge is 2.29. The van der Waals surface area contributed by atoms with Crippen LogP contribution in [-0.4, -0.2) is 11.1 Å². The van der Waals surface area contributed by atoms with Gasteiger partial charge in [-0.1, -0.05) is 28.1 Å². The Morgan fingerprint density at radius 2 is 2.20 bits per heavy atom. The maximum absolute atomic E-state index is 9.72. The summed E-state index contributed by atoms with van der Waals surface area (Å²) in [7, 11) is 0. The molecule has 2 nitrogen and oxygen atoms in total. The summed E-state index contributed by atoms with van der Waals surface area (Å²) in [6.07, 6.45) is 2.12. The molecule has 0 saturated heterocycles. The molecule has 1 aliphatic carbocycles. The van der Waals surface area contributed by atoms with E-state index in [2.05, 4.69) is 50.5 Å². The summed E-state index contributed by atoms with van der Waals surface area (Å²) in [6.45, 7) is 2.77. The van der Waals surface area contributed by atoms with Crippen molar-refractivity contribution in [2.75, 3.05) is 4.90 Å². The van der Waals surface area contributed by atoms with Crippen molar-refractivity contribution in [1.29, 1.82) is 0 Å². The zero-order chi connectivity index (χ0) is 14.1. The van der Waals surface area contributed by atoms with Crippen LogP contribution in [0.25, 0.3) is 0 Å². The van der Waals surface area contributed by atoms with Crippen LogP contribution in [0, 0.1) is 0 Å². The maximum Gasteiger partial charge on any atom is 0.0772 e. The molecule has 0 aliphatic heterocycles. The van der Waals surface area contributed by atoms with Crippen LogP contribution in [0.15, 0.2) is 40.2 Å². The fraction of sp³-hybridized carbons (Fsp3) is 0.375. The first-order valence-corrected chi connectivity index (χ1v) is 8.59. The number of halogens is 1. The molecule has 0 radical (unpaired) electrons. The van der Waals surface area contributed by atoms with Gasteiger partial charge in [0.2, 0.25) is 0 Å². The van der Waals surface area contributed by atoms with E-state index in [-0.39, 0.29) is 0 Å². The molecule has 20 heavy (non-hydrogen) atoms. The number of nitrogens with zero attached hydrogens (tertiary/aromatic N) is 1. The third-order valence-corrected chi connectivity index (χ3v) is 5.21. The molecule has 1 aliphatic rings. The molecule has 1 saturated carbocycles. The summed E-state index contributed by atoms with van der Waals surface area (Å²) in [5.74, 6) is 0. The molecule has 0 amide bonds. The molecule has 3 rings (SSSR count). The first-order valence-electron chi connectivity index (χ1n) is 6.91. The summed E-state index contributed by atoms with van der Waals surface area (Å²) < 4.78 is 0.988. The molecule has 1 aromatic carbocycles. The summed E-state index contributed by atoms with van der Waals surface area (Å²) >= 11 is 5.39. The fourth-order valence-corrected chi connectivity index (χ4v) is 3.82. The highest BCUT2D eigenvalue weighted by Crippen LogP contribution is 2.36. The number of thiophene rings is 1. The quantitative estimate of drug-likeness (QED) is 0.841. The molecule has 1 aromatic heterocycles. The Hall–Kier alpha value is -0.840. The zero-order valence-corrected chi connectivity index (χ0v) is 13.8. The summed E-state index contributed by atoms with van der Waals surface area (Å²) in [5.41, 5.74) is 2.18. The molecule has 0 spiro atoms. The van der Waals surface area contributed by atoms with E-state index in [0.29, 0.717) is 6.04 Å². The number of aliphatic hydroxyl groups is 1. The first-order chi connectivity index (χ1) is 9.65. The van der Waals surface area contributed by atoms with Gasteiger partial charge in [0.05, 0.1) is 12.6 Å². The van der Waals surface area contributed by atoms with Crippen LogP contribution < -0.4 is 4.90 Å². The summed E-state index contributed by atoms with van der Waals surface area (Å²) in [5, 5.41) is 11.9. The van der Waals surface area contributed by atoms with Crippen molar-refractivity contribution in [3.05, 3.63) is 50.6 Å². The van der Waals surface area contributed by atoms with Crippen LogP contribution in [0.5, 0.6) is 0 Å². The van der Waals surface area contributed by atoms with Gasteiger partial charge in [-0.25, -0.2) is 0 Å². The average molecular weight is 352 g/mol. The van der Waals surface area contributed by atoms with Crippen molar-refractivity contribution in [3.8, 4) is 0 Å². The lowest BCUT2D eigenvalue weighted by atomic mass is 10.1. The lowest BCUT2D eigenvalue weighted by molar-refractivity contribution is 0.198. The highest BCUT2D eigenvalue weighted by molar-refractivity contribution is 9.10. The first kappa shape index (κ1) is 14.1. The molecule has 0 bridgehead atoms. The predicted molar refractivity (Wildman–Crippen MR) is 88.3 cm³/mol. The van der Waals surface area contributed by atoms with Crippen LogP contribution in [0.2, 0.25) is 0 Å². The monoisotopic (exact) mass is 351 g/mol. The Labute approximate surface area is 132 Å². The number of rotatable bonds is 5. The third kappa shape index (κ3) is 3.08. The van der Waals surface area contributed by atoms with Gasteiger partial charge in [-0.2, -0.15) is 0 Å². The second kappa shape index (κ2) is 5.88. The molecule has 0 unspecified atom stereocenters. The summed E-state index contributed by atoms with van der Waals surface area (Å²) in [6, 6.07) is 11.2. The Morgan fingerprint density at radius 1 is 1.40 bits per heavy atom. The molecule has 4 heteroatoms. The van der Waals surface area contributed by atoms with E-state index in [1.807, 2.05) is 17.4 Å². The Bertz CT molecular complexity index is 578. The van der Waals surface area contributed by atoms with Gasteiger partial charge in [-0.05, 0) is 48.9 Å². The van der Waals surface area contributed by atoms with Crippen molar-refractivity contribution in [3.63, 3.8) is 0 Å². The smallest absolute Gasteiger partial charge is 0.0772 e. The van der Waals surface area contributed by atoms with E-state index >= 15 is 0 Å². The van der Waals surface area contributed by atoms with E-state index in [0.717, 1.165) is 16.6 Å². The van der Waals surface area contributed by atoms with Crippen LogP contribution in [0.3, 0.4) is 0 Å². The van der Waals surface area contributed by atoms with Crippen molar-refractivity contribution in [2.24, 2.45) is 0 Å². The molecule has 1 N–H and O–H groups in total. The van der Waals surface area contributed by atoms with Gasteiger partial charge in [-0.3, -0.25) is 0 Å². The van der Waals surface area contributed by atoms with E-state index in [1.54, 1.807) is 6.92 Å². The van der Waals surface area contributed by atoms with Crippen LogP contribution in [0.4, 0.5) is 5.69 Å². The number of benzene rings is 1. The minimum atomic E-state index is -0.440. The van der Waals surface area contributed by atoms with Gasteiger partial charge in [-0.15, -0.1) is 11.3 Å². The molecule has 1 fully saturated rings. The molecule has 2 aromatic rings. The third-order valence-electron chi connectivity index (χ3n) is 3.66. The van der Waals surface area contributed by atoms with Crippen LogP contribution >= 0.6 is 27.3 Å². The average Bonchev–Trinajstić information content (AvgIpc) is 3.12. The minimum absolute atomic E-state index is 0.440. The Morgan fingerprint density at radius 3 is 2.75 bits per heavy atom. The van der Waals surface area contributed by atoms with E-state index in [1.165, 1.54) is 23.4 Å². The largest absolute Gasteiger partial charge is 0.389 e. The zero-order valence-electron chi connectivity index (χ0n) is 11.4. The van der Waals surface area contributed by atoms with Gasteiger partial charge in [0.25, 0.3) is 0 Å². The van der Waals surface area contributed by atoms with Gasteiger partial charge in [0, 0.05) is 21.1 Å². The predicted octanol–water partition coefficient (Wildman–Crippen LogP) is 4.73. The lowest BCUT2D eigenvalue weighted by Gasteiger charge is -2.25. The fourth-order valence-electron chi connectivity index (χ4n) is 2.42. The SMILES string of the molecule is C[C@@H](O)c1ccc(N(Cc2cccs2)C2CC2)cc1Br. The van der Waals surface area contributed by atoms with Gasteiger partial charge >= 0.3 is 0 Å². The number of hydrogen-bond acceptors (Lipinski definition) is 3. The number of anilines is 1. The van der Waals surface area contributed by atoms with E-state index < -0.39 is 6.10 Å². The second-order valence-corrected chi connectivity index (χ2v) is 7.21. The van der Waals surface area contributed by atoms with Crippen molar-refractivity contribution in [2.45, 2.75) is 38.5 Å². The van der Waals surface area contributed by atoms with E-state index in [9.17, 15) is 5.11 Å². The maximum atomic E-state index is 9.72. The second-order valence-electron chi connectivity index (χ2n) is 5.32. The number of aliphatic hydroxyl groups excluding tert-OH is 1. The van der Waals surface area contributed by atoms with Gasteiger partial charge in [0.15, 0.2) is 0 Å². The van der Waals surface area contributed by atoms with Crippen LogP contribution in [0.1, 0.15) is 36.3 Å². The van der Waals surface area contributed by atoms with Gasteiger partial charge in [0.1, 0.15) is 0 Å². The summed E-state index contributed by atoms with van der Waals surface area (Å²) in [4.78, 5) is 3.87. The van der Waals surface area contributed by atoms with Crippen molar-refractivity contribution in [1.82, 2.24) is 0 Å². The minimum Gasteiger partial charge on any atom is -0.389 e. The molecular formula is C16H18BrNOS. The lowest BCUT2D eigenvalue weighted by Crippen LogP contribution is -2.24. The molecule has 106 valence electrons. The van der Waals surface area contributed by atoms with Crippen molar-refractivity contribution < 1.29 is 5.11 Å².